The third-order valence-corrected chi connectivity index (χ3v) is 5.02. The molecule has 6 nitrogen and oxygen atoms in total. The quantitative estimate of drug-likeness (QED) is 0.727. The van der Waals surface area contributed by atoms with Crippen LogP contribution in [0.5, 0.6) is 0 Å². The summed E-state index contributed by atoms with van der Waals surface area (Å²) in [7, 11) is 3.96. The minimum atomic E-state index is 0.124. The van der Waals surface area contributed by atoms with E-state index in [0.29, 0.717) is 6.54 Å². The number of carbonyl (C=O) groups excluding carboxylic acids is 1. The van der Waals surface area contributed by atoms with Gasteiger partial charge in [0, 0.05) is 26.8 Å². The molecule has 26 heavy (non-hydrogen) atoms. The second-order valence-electron chi connectivity index (χ2n) is 6.95. The fourth-order valence-corrected chi connectivity index (χ4v) is 3.67. The second kappa shape index (κ2) is 6.78. The zero-order chi connectivity index (χ0) is 18.1. The van der Waals surface area contributed by atoms with Crippen molar-refractivity contribution < 1.29 is 4.79 Å². The number of anilines is 1. The number of imidazole rings is 1. The summed E-state index contributed by atoms with van der Waals surface area (Å²) in [4.78, 5) is 25.8. The van der Waals surface area contributed by atoms with Gasteiger partial charge >= 0.3 is 0 Å². The van der Waals surface area contributed by atoms with E-state index in [1.807, 2.05) is 65.0 Å². The van der Waals surface area contributed by atoms with Crippen LogP contribution in [-0.2, 0) is 11.3 Å². The maximum Gasteiger partial charge on any atom is 0.243 e. The van der Waals surface area contributed by atoms with Gasteiger partial charge in [0.1, 0.15) is 12.4 Å². The Labute approximate surface area is 153 Å². The summed E-state index contributed by atoms with van der Waals surface area (Å²) in [6.07, 6.45) is 5.60. The minimum Gasteiger partial charge on any atom is -0.363 e. The van der Waals surface area contributed by atoms with Gasteiger partial charge in [0.25, 0.3) is 0 Å². The summed E-state index contributed by atoms with van der Waals surface area (Å²) in [5, 5.41) is 0. The summed E-state index contributed by atoms with van der Waals surface area (Å²) in [5.74, 6) is 1.06. The molecule has 3 heterocycles. The first kappa shape index (κ1) is 16.6. The molecule has 1 aliphatic heterocycles. The Bertz CT molecular complexity index is 933. The SMILES string of the molecule is CN(C)c1cc([C@H]2CCCN2C(=O)Cn2cnc3ccccc32)ccn1. The van der Waals surface area contributed by atoms with Gasteiger partial charge < -0.3 is 14.4 Å². The lowest BCUT2D eigenvalue weighted by Gasteiger charge is -2.26. The summed E-state index contributed by atoms with van der Waals surface area (Å²) in [6.45, 7) is 1.12. The van der Waals surface area contributed by atoms with E-state index in [-0.39, 0.29) is 11.9 Å². The van der Waals surface area contributed by atoms with Gasteiger partial charge in [-0.3, -0.25) is 4.79 Å². The maximum atomic E-state index is 13.0. The average Bonchev–Trinajstić information content (AvgIpc) is 3.29. The molecule has 1 atom stereocenters. The van der Waals surface area contributed by atoms with E-state index in [2.05, 4.69) is 16.0 Å². The van der Waals surface area contributed by atoms with Crippen molar-refractivity contribution >= 4 is 22.8 Å². The van der Waals surface area contributed by atoms with Crippen LogP contribution in [0.15, 0.2) is 48.9 Å². The second-order valence-corrected chi connectivity index (χ2v) is 6.95. The Hall–Kier alpha value is -2.89. The zero-order valence-corrected chi connectivity index (χ0v) is 15.2. The Kier molecular flexibility index (Phi) is 4.32. The molecule has 1 aromatic carbocycles. The fourth-order valence-electron chi connectivity index (χ4n) is 3.67. The minimum absolute atomic E-state index is 0.124. The predicted molar refractivity (Wildman–Crippen MR) is 102 cm³/mol. The lowest BCUT2D eigenvalue weighted by molar-refractivity contribution is -0.132. The van der Waals surface area contributed by atoms with Crippen molar-refractivity contribution in [2.24, 2.45) is 0 Å². The Balaban J connectivity index is 1.56. The van der Waals surface area contributed by atoms with Crippen molar-refractivity contribution in [3.05, 3.63) is 54.5 Å². The van der Waals surface area contributed by atoms with Crippen LogP contribution in [0.25, 0.3) is 11.0 Å². The number of aromatic nitrogens is 3. The third-order valence-electron chi connectivity index (χ3n) is 5.02. The number of pyridine rings is 1. The number of hydrogen-bond donors (Lipinski definition) is 0. The molecule has 0 aliphatic carbocycles. The van der Waals surface area contributed by atoms with Gasteiger partial charge in [-0.15, -0.1) is 0 Å². The molecule has 0 unspecified atom stereocenters. The zero-order valence-electron chi connectivity index (χ0n) is 15.2. The molecule has 1 amide bonds. The van der Waals surface area contributed by atoms with Crippen LogP contribution in [0.4, 0.5) is 5.82 Å². The molecule has 0 saturated carbocycles. The highest BCUT2D eigenvalue weighted by molar-refractivity contribution is 5.81. The van der Waals surface area contributed by atoms with Gasteiger partial charge in [0.15, 0.2) is 0 Å². The van der Waals surface area contributed by atoms with Crippen molar-refractivity contribution in [2.75, 3.05) is 25.5 Å². The van der Waals surface area contributed by atoms with Gasteiger partial charge in [-0.25, -0.2) is 9.97 Å². The molecule has 134 valence electrons. The van der Waals surface area contributed by atoms with Crippen LogP contribution in [0.1, 0.15) is 24.4 Å². The first-order chi connectivity index (χ1) is 12.6. The van der Waals surface area contributed by atoms with E-state index in [1.54, 1.807) is 6.33 Å². The van der Waals surface area contributed by atoms with Crippen molar-refractivity contribution in [3.63, 3.8) is 0 Å². The average molecular weight is 349 g/mol. The number of rotatable bonds is 4. The van der Waals surface area contributed by atoms with Crippen LogP contribution in [0, 0.1) is 0 Å². The first-order valence-corrected chi connectivity index (χ1v) is 8.96. The number of hydrogen-bond acceptors (Lipinski definition) is 4. The number of carbonyl (C=O) groups is 1. The Morgan fingerprint density at radius 3 is 2.92 bits per heavy atom. The highest BCUT2D eigenvalue weighted by atomic mass is 16.2. The van der Waals surface area contributed by atoms with Crippen LogP contribution in [0.2, 0.25) is 0 Å². The van der Waals surface area contributed by atoms with Crippen LogP contribution >= 0.6 is 0 Å². The molecule has 2 aromatic heterocycles. The molecule has 0 spiro atoms. The highest BCUT2D eigenvalue weighted by Crippen LogP contribution is 2.33. The van der Waals surface area contributed by atoms with Crippen molar-refractivity contribution in [3.8, 4) is 0 Å². The molecule has 3 aromatic rings. The Morgan fingerprint density at radius 1 is 1.23 bits per heavy atom. The molecule has 1 saturated heterocycles. The van der Waals surface area contributed by atoms with E-state index in [9.17, 15) is 4.79 Å². The van der Waals surface area contributed by atoms with Crippen LogP contribution < -0.4 is 4.90 Å². The summed E-state index contributed by atoms with van der Waals surface area (Å²) in [6, 6.07) is 12.1. The van der Waals surface area contributed by atoms with E-state index in [1.165, 1.54) is 0 Å². The molecule has 0 N–H and O–H groups in total. The van der Waals surface area contributed by atoms with E-state index in [0.717, 1.165) is 41.8 Å². The number of fused-ring (bicyclic) bond motifs is 1. The van der Waals surface area contributed by atoms with Gasteiger partial charge in [-0.2, -0.15) is 0 Å². The molecule has 6 heteroatoms. The normalized spacial score (nSPS) is 17.0. The predicted octanol–water partition coefficient (Wildman–Crippen LogP) is 2.86. The lowest BCUT2D eigenvalue weighted by Crippen LogP contribution is -2.33. The monoisotopic (exact) mass is 349 g/mol. The molecule has 0 radical (unpaired) electrons. The van der Waals surface area contributed by atoms with E-state index >= 15 is 0 Å². The molecule has 1 fully saturated rings. The van der Waals surface area contributed by atoms with Crippen molar-refractivity contribution in [1.82, 2.24) is 19.4 Å². The van der Waals surface area contributed by atoms with Crippen molar-refractivity contribution in [1.29, 1.82) is 0 Å². The maximum absolute atomic E-state index is 13.0. The number of likely N-dealkylation sites (tertiary alicyclic amines) is 1. The van der Waals surface area contributed by atoms with Crippen LogP contribution in [-0.4, -0.2) is 46.0 Å². The molecular weight excluding hydrogens is 326 g/mol. The number of amides is 1. The van der Waals surface area contributed by atoms with Gasteiger partial charge in [-0.1, -0.05) is 12.1 Å². The van der Waals surface area contributed by atoms with Gasteiger partial charge in [0.2, 0.25) is 5.91 Å². The topological polar surface area (TPSA) is 54.3 Å². The smallest absolute Gasteiger partial charge is 0.243 e. The summed E-state index contributed by atoms with van der Waals surface area (Å²) >= 11 is 0. The number of nitrogens with zero attached hydrogens (tertiary/aromatic N) is 5. The third kappa shape index (κ3) is 3.03. The molecule has 1 aliphatic rings. The van der Waals surface area contributed by atoms with Crippen LogP contribution in [0.3, 0.4) is 0 Å². The standard InChI is InChI=1S/C20H23N5O/c1-23(2)19-12-15(9-10-21-19)17-8-5-11-25(17)20(26)13-24-14-22-16-6-3-4-7-18(16)24/h3-4,6-7,9-10,12,14,17H,5,8,11,13H2,1-2H3/t17-/m1/s1. The molecule has 4 rings (SSSR count). The Morgan fingerprint density at radius 2 is 2.08 bits per heavy atom. The molecular formula is C20H23N5O. The number of benzene rings is 1. The largest absolute Gasteiger partial charge is 0.363 e. The van der Waals surface area contributed by atoms with Gasteiger partial charge in [0.05, 0.1) is 23.4 Å². The highest BCUT2D eigenvalue weighted by Gasteiger charge is 2.30. The number of para-hydroxylation sites is 2. The first-order valence-electron chi connectivity index (χ1n) is 8.96. The van der Waals surface area contributed by atoms with E-state index < -0.39 is 0 Å². The fraction of sp³-hybridized carbons (Fsp3) is 0.350. The van der Waals surface area contributed by atoms with E-state index in [4.69, 9.17) is 0 Å². The molecule has 0 bridgehead atoms. The van der Waals surface area contributed by atoms with Crippen molar-refractivity contribution in [2.45, 2.75) is 25.4 Å². The summed E-state index contributed by atoms with van der Waals surface area (Å²) < 4.78 is 1.94. The lowest BCUT2D eigenvalue weighted by atomic mass is 10.1. The van der Waals surface area contributed by atoms with Gasteiger partial charge in [-0.05, 0) is 42.7 Å². The summed E-state index contributed by atoms with van der Waals surface area (Å²) in [5.41, 5.74) is 3.07.